The van der Waals surface area contributed by atoms with Crippen LogP contribution in [0, 0.1) is 23.2 Å². The van der Waals surface area contributed by atoms with Crippen molar-refractivity contribution in [1.29, 1.82) is 0 Å². The highest BCUT2D eigenvalue weighted by Gasteiger charge is 2.57. The summed E-state index contributed by atoms with van der Waals surface area (Å²) in [6.45, 7) is 0.192. The molecule has 116 valence electrons. The molecule has 5 fully saturated rings. The molecule has 2 atom stereocenters. The molecule has 0 unspecified atom stereocenters. The highest BCUT2D eigenvalue weighted by molar-refractivity contribution is 5.88. The van der Waals surface area contributed by atoms with E-state index in [0.717, 1.165) is 19.3 Å². The first kappa shape index (κ1) is 13.6. The second-order valence-corrected chi connectivity index (χ2v) is 7.90. The van der Waals surface area contributed by atoms with Gasteiger partial charge in [-0.05, 0) is 56.3 Å². The normalized spacial score (nSPS) is 47.9. The van der Waals surface area contributed by atoms with Gasteiger partial charge in [-0.25, -0.2) is 4.79 Å². The summed E-state index contributed by atoms with van der Waals surface area (Å²) in [5.41, 5.74) is -0.313. The minimum atomic E-state index is -0.982. The minimum absolute atomic E-state index is 0.0190. The Labute approximate surface area is 124 Å². The van der Waals surface area contributed by atoms with Crippen LogP contribution in [0.2, 0.25) is 0 Å². The van der Waals surface area contributed by atoms with Crippen LogP contribution in [0.25, 0.3) is 0 Å². The number of carboxylic acid groups (broad SMARTS) is 1. The minimum Gasteiger partial charge on any atom is -0.480 e. The summed E-state index contributed by atoms with van der Waals surface area (Å²) in [4.78, 5) is 26.0. The van der Waals surface area contributed by atoms with Crippen LogP contribution in [0.3, 0.4) is 0 Å². The quantitative estimate of drug-likeness (QED) is 0.803. The molecule has 0 aromatic heterocycles. The van der Waals surface area contributed by atoms with Gasteiger partial charge in [0.1, 0.15) is 6.04 Å². The predicted octanol–water partition coefficient (Wildman–Crippen LogP) is 1.25. The van der Waals surface area contributed by atoms with Gasteiger partial charge in [-0.1, -0.05) is 0 Å². The fourth-order valence-corrected chi connectivity index (χ4v) is 5.95. The second-order valence-electron chi connectivity index (χ2n) is 7.90. The first-order valence-corrected chi connectivity index (χ1v) is 8.19. The number of amides is 1. The van der Waals surface area contributed by atoms with Gasteiger partial charge in [0, 0.05) is 13.0 Å². The molecule has 4 bridgehead atoms. The summed E-state index contributed by atoms with van der Waals surface area (Å²) < 4.78 is 0. The maximum atomic E-state index is 13.1. The van der Waals surface area contributed by atoms with Crippen LogP contribution >= 0.6 is 0 Å². The van der Waals surface area contributed by atoms with Gasteiger partial charge in [0.2, 0.25) is 5.91 Å². The Hall–Kier alpha value is -1.10. The lowest BCUT2D eigenvalue weighted by molar-refractivity contribution is -0.163. The molecule has 0 spiro atoms. The van der Waals surface area contributed by atoms with E-state index in [1.54, 1.807) is 0 Å². The molecule has 1 saturated heterocycles. The number of hydrogen-bond donors (Lipinski definition) is 2. The summed E-state index contributed by atoms with van der Waals surface area (Å²) >= 11 is 0. The molecule has 5 aliphatic rings. The first-order chi connectivity index (χ1) is 9.97. The number of hydrogen-bond acceptors (Lipinski definition) is 3. The van der Waals surface area contributed by atoms with E-state index in [1.807, 2.05) is 0 Å². The van der Waals surface area contributed by atoms with Crippen LogP contribution in [0.15, 0.2) is 0 Å². The molecule has 1 heterocycles. The molecule has 4 aliphatic carbocycles. The number of carboxylic acids is 1. The average molecular weight is 293 g/mol. The van der Waals surface area contributed by atoms with Crippen molar-refractivity contribution in [2.24, 2.45) is 23.2 Å². The van der Waals surface area contributed by atoms with Gasteiger partial charge in [-0.3, -0.25) is 4.79 Å². The molecule has 2 N–H and O–H groups in total. The third kappa shape index (κ3) is 2.00. The molecule has 1 aliphatic heterocycles. The molecule has 5 nitrogen and oxygen atoms in total. The van der Waals surface area contributed by atoms with Gasteiger partial charge in [0.25, 0.3) is 0 Å². The summed E-state index contributed by atoms with van der Waals surface area (Å²) in [5.74, 6) is 1.03. The Kier molecular flexibility index (Phi) is 2.87. The lowest BCUT2D eigenvalue weighted by Crippen LogP contribution is -2.56. The Balaban J connectivity index is 1.61. The van der Waals surface area contributed by atoms with Crippen LogP contribution in [0.1, 0.15) is 44.9 Å². The van der Waals surface area contributed by atoms with Crippen LogP contribution < -0.4 is 0 Å². The van der Waals surface area contributed by atoms with Crippen molar-refractivity contribution in [1.82, 2.24) is 4.90 Å². The van der Waals surface area contributed by atoms with E-state index in [1.165, 1.54) is 24.2 Å². The van der Waals surface area contributed by atoms with Gasteiger partial charge in [0.15, 0.2) is 0 Å². The van der Waals surface area contributed by atoms with Crippen molar-refractivity contribution in [3.8, 4) is 0 Å². The number of nitrogens with zero attached hydrogens (tertiary/aromatic N) is 1. The Morgan fingerprint density at radius 2 is 1.48 bits per heavy atom. The fourth-order valence-electron chi connectivity index (χ4n) is 5.95. The highest BCUT2D eigenvalue weighted by Crippen LogP contribution is 2.60. The SMILES string of the molecule is O=C(O)[C@@H]1C[C@@H](O)CN1C(=O)C12CC3CC(CC(C3)C1)C2. The van der Waals surface area contributed by atoms with Crippen LogP contribution in [-0.4, -0.2) is 45.7 Å². The first-order valence-electron chi connectivity index (χ1n) is 8.19. The topological polar surface area (TPSA) is 77.8 Å². The number of aliphatic carboxylic acids is 1. The van der Waals surface area contributed by atoms with Crippen molar-refractivity contribution in [2.75, 3.05) is 6.54 Å². The number of carbonyl (C=O) groups excluding carboxylic acids is 1. The lowest BCUT2D eigenvalue weighted by Gasteiger charge is -2.56. The van der Waals surface area contributed by atoms with Crippen molar-refractivity contribution in [3.63, 3.8) is 0 Å². The number of β-amino-alcohol motifs (C(OH)–C–C–N with tert-alkyl or cyclic N) is 1. The van der Waals surface area contributed by atoms with Gasteiger partial charge >= 0.3 is 5.97 Å². The van der Waals surface area contributed by atoms with Crippen LogP contribution in [0.5, 0.6) is 0 Å². The van der Waals surface area contributed by atoms with Crippen LogP contribution in [-0.2, 0) is 9.59 Å². The smallest absolute Gasteiger partial charge is 0.326 e. The van der Waals surface area contributed by atoms with E-state index >= 15 is 0 Å². The Bertz CT molecular complexity index is 453. The predicted molar refractivity (Wildman–Crippen MR) is 74.4 cm³/mol. The van der Waals surface area contributed by atoms with Crippen molar-refractivity contribution in [2.45, 2.75) is 57.1 Å². The molecule has 4 saturated carbocycles. The number of likely N-dealkylation sites (tertiary alicyclic amines) is 1. The summed E-state index contributed by atoms with van der Waals surface area (Å²) in [5, 5.41) is 19.1. The summed E-state index contributed by atoms with van der Waals surface area (Å²) in [6, 6.07) is -0.833. The van der Waals surface area contributed by atoms with E-state index < -0.39 is 18.1 Å². The number of aliphatic hydroxyl groups excluding tert-OH is 1. The van der Waals surface area contributed by atoms with Gasteiger partial charge in [-0.2, -0.15) is 0 Å². The lowest BCUT2D eigenvalue weighted by atomic mass is 9.49. The second kappa shape index (κ2) is 4.45. The zero-order chi connectivity index (χ0) is 14.8. The third-order valence-electron chi connectivity index (χ3n) is 6.32. The number of rotatable bonds is 2. The average Bonchev–Trinajstić information content (AvgIpc) is 2.78. The maximum absolute atomic E-state index is 13.1. The molecule has 0 aromatic carbocycles. The summed E-state index contributed by atoms with van der Waals surface area (Å²) in [6.07, 6.45) is 6.09. The molecule has 1 amide bonds. The Morgan fingerprint density at radius 3 is 1.95 bits per heavy atom. The van der Waals surface area contributed by atoms with E-state index in [2.05, 4.69) is 0 Å². The maximum Gasteiger partial charge on any atom is 0.326 e. The van der Waals surface area contributed by atoms with E-state index in [9.17, 15) is 19.8 Å². The molecular weight excluding hydrogens is 270 g/mol. The molecule has 0 aromatic rings. The van der Waals surface area contributed by atoms with E-state index in [4.69, 9.17) is 0 Å². The third-order valence-corrected chi connectivity index (χ3v) is 6.32. The van der Waals surface area contributed by atoms with Gasteiger partial charge in [0.05, 0.1) is 11.5 Å². The fraction of sp³-hybridized carbons (Fsp3) is 0.875. The zero-order valence-electron chi connectivity index (χ0n) is 12.2. The molecule has 5 heteroatoms. The summed E-state index contributed by atoms with van der Waals surface area (Å²) in [7, 11) is 0. The van der Waals surface area contributed by atoms with Gasteiger partial charge < -0.3 is 15.1 Å². The standard InChI is InChI=1S/C16H23NO4/c18-12-4-13(14(19)20)17(8-12)15(21)16-5-9-1-10(6-16)3-11(2-9)7-16/h9-13,18H,1-8H2,(H,19,20)/t9?,10?,11?,12-,13+,16?/m1/s1. The number of carbonyl (C=O) groups is 2. The van der Waals surface area contributed by atoms with Crippen molar-refractivity contribution in [3.05, 3.63) is 0 Å². The highest BCUT2D eigenvalue weighted by atomic mass is 16.4. The van der Waals surface area contributed by atoms with E-state index in [0.29, 0.717) is 17.8 Å². The van der Waals surface area contributed by atoms with Crippen LogP contribution in [0.4, 0.5) is 0 Å². The zero-order valence-corrected chi connectivity index (χ0v) is 12.2. The molecule has 21 heavy (non-hydrogen) atoms. The van der Waals surface area contributed by atoms with E-state index in [-0.39, 0.29) is 24.3 Å². The monoisotopic (exact) mass is 293 g/mol. The molecule has 0 radical (unpaired) electrons. The van der Waals surface area contributed by atoms with Gasteiger partial charge in [-0.15, -0.1) is 0 Å². The molecular formula is C16H23NO4. The largest absolute Gasteiger partial charge is 0.480 e. The Morgan fingerprint density at radius 1 is 0.952 bits per heavy atom. The number of aliphatic hydroxyl groups is 1. The van der Waals surface area contributed by atoms with Crippen molar-refractivity contribution >= 4 is 11.9 Å². The molecule has 5 rings (SSSR count). The van der Waals surface area contributed by atoms with Crippen molar-refractivity contribution < 1.29 is 19.8 Å².